The van der Waals surface area contributed by atoms with E-state index in [9.17, 15) is 9.59 Å². The lowest BCUT2D eigenvalue weighted by molar-refractivity contribution is -0.117. The van der Waals surface area contributed by atoms with Gasteiger partial charge in [-0.3, -0.25) is 9.59 Å². The molecule has 8 heteroatoms. The Kier molecular flexibility index (Phi) is 5.83. The average Bonchev–Trinajstić information content (AvgIpc) is 3.29. The Morgan fingerprint density at radius 2 is 1.87 bits per heavy atom. The minimum absolute atomic E-state index is 0.0299. The first kappa shape index (κ1) is 20.5. The van der Waals surface area contributed by atoms with Crippen molar-refractivity contribution in [1.82, 2.24) is 10.2 Å². The molecule has 1 aliphatic rings. The van der Waals surface area contributed by atoms with Crippen molar-refractivity contribution in [3.63, 3.8) is 0 Å². The highest BCUT2D eigenvalue weighted by atomic mass is 35.5. The molecule has 2 amide bonds. The molecule has 0 saturated carbocycles. The molecule has 2 heterocycles. The molecule has 0 aliphatic carbocycles. The molecule has 0 unspecified atom stereocenters. The van der Waals surface area contributed by atoms with Gasteiger partial charge in [-0.2, -0.15) is 0 Å². The van der Waals surface area contributed by atoms with Crippen LogP contribution in [-0.4, -0.2) is 28.6 Å². The SMILES string of the molecule is Cc1cc(C)cc(N2C[C@H](c3nnc(NC(=O)Cc4ccc(Cl)cc4)s3)CC2=O)c1. The van der Waals surface area contributed by atoms with Crippen molar-refractivity contribution in [3.8, 4) is 0 Å². The summed E-state index contributed by atoms with van der Waals surface area (Å²) in [5.41, 5.74) is 4.04. The Morgan fingerprint density at radius 3 is 2.57 bits per heavy atom. The van der Waals surface area contributed by atoms with E-state index in [4.69, 9.17) is 11.6 Å². The van der Waals surface area contributed by atoms with Gasteiger partial charge < -0.3 is 10.2 Å². The summed E-state index contributed by atoms with van der Waals surface area (Å²) in [7, 11) is 0. The largest absolute Gasteiger partial charge is 0.312 e. The summed E-state index contributed by atoms with van der Waals surface area (Å²) >= 11 is 7.20. The Bertz CT molecular complexity index is 1080. The Labute approximate surface area is 183 Å². The van der Waals surface area contributed by atoms with Crippen LogP contribution in [0.5, 0.6) is 0 Å². The highest BCUT2D eigenvalue weighted by molar-refractivity contribution is 7.15. The maximum Gasteiger partial charge on any atom is 0.230 e. The second-order valence-electron chi connectivity index (χ2n) is 7.55. The van der Waals surface area contributed by atoms with Gasteiger partial charge in [0.25, 0.3) is 0 Å². The first-order valence-corrected chi connectivity index (χ1v) is 10.8. The zero-order valence-corrected chi connectivity index (χ0v) is 18.3. The molecule has 1 fully saturated rings. The lowest BCUT2D eigenvalue weighted by atomic mass is 10.1. The van der Waals surface area contributed by atoms with Crippen LogP contribution in [-0.2, 0) is 16.0 Å². The van der Waals surface area contributed by atoms with Crippen LogP contribution in [0.2, 0.25) is 5.02 Å². The van der Waals surface area contributed by atoms with Gasteiger partial charge in [-0.15, -0.1) is 10.2 Å². The Hall–Kier alpha value is -2.77. The molecule has 1 N–H and O–H groups in total. The third-order valence-corrected chi connectivity index (χ3v) is 6.21. The third-order valence-electron chi connectivity index (χ3n) is 4.96. The minimum Gasteiger partial charge on any atom is -0.312 e. The molecule has 0 radical (unpaired) electrons. The van der Waals surface area contributed by atoms with E-state index < -0.39 is 0 Å². The topological polar surface area (TPSA) is 75.2 Å². The third kappa shape index (κ3) is 4.68. The molecular weight excluding hydrogens is 420 g/mol. The summed E-state index contributed by atoms with van der Waals surface area (Å²) in [4.78, 5) is 26.7. The van der Waals surface area contributed by atoms with Crippen LogP contribution >= 0.6 is 22.9 Å². The van der Waals surface area contributed by atoms with Gasteiger partial charge >= 0.3 is 0 Å². The predicted molar refractivity (Wildman–Crippen MR) is 119 cm³/mol. The Morgan fingerprint density at radius 1 is 1.17 bits per heavy atom. The number of hydrogen-bond donors (Lipinski definition) is 1. The van der Waals surface area contributed by atoms with Crippen LogP contribution in [0.25, 0.3) is 0 Å². The number of nitrogens with one attached hydrogen (secondary N) is 1. The summed E-state index contributed by atoms with van der Waals surface area (Å²) in [6.07, 6.45) is 0.620. The second-order valence-corrected chi connectivity index (χ2v) is 8.99. The van der Waals surface area contributed by atoms with E-state index in [1.165, 1.54) is 11.3 Å². The van der Waals surface area contributed by atoms with Crippen molar-refractivity contribution >= 4 is 45.6 Å². The number of benzene rings is 2. The number of anilines is 2. The van der Waals surface area contributed by atoms with Crippen LogP contribution in [0, 0.1) is 13.8 Å². The molecular formula is C22H21ClN4O2S. The maximum atomic E-state index is 12.6. The number of aromatic nitrogens is 2. The number of nitrogens with zero attached hydrogens (tertiary/aromatic N) is 3. The summed E-state index contributed by atoms with van der Waals surface area (Å²) < 4.78 is 0. The molecule has 2 aromatic carbocycles. The van der Waals surface area contributed by atoms with Crippen molar-refractivity contribution in [2.45, 2.75) is 32.6 Å². The molecule has 4 rings (SSSR count). The van der Waals surface area contributed by atoms with Gasteiger partial charge in [-0.05, 0) is 54.8 Å². The van der Waals surface area contributed by atoms with E-state index >= 15 is 0 Å². The zero-order valence-electron chi connectivity index (χ0n) is 16.7. The van der Waals surface area contributed by atoms with Gasteiger partial charge in [-0.25, -0.2) is 0 Å². The van der Waals surface area contributed by atoms with Crippen LogP contribution in [0.3, 0.4) is 0 Å². The van der Waals surface area contributed by atoms with E-state index in [1.54, 1.807) is 12.1 Å². The fourth-order valence-electron chi connectivity index (χ4n) is 3.63. The van der Waals surface area contributed by atoms with Gasteiger partial charge in [-0.1, -0.05) is 41.1 Å². The van der Waals surface area contributed by atoms with Gasteiger partial charge in [0, 0.05) is 29.6 Å². The highest BCUT2D eigenvalue weighted by Crippen LogP contribution is 2.34. The first-order valence-electron chi connectivity index (χ1n) is 9.64. The average molecular weight is 441 g/mol. The fourth-order valence-corrected chi connectivity index (χ4v) is 4.61. The van der Waals surface area contributed by atoms with E-state index in [0.717, 1.165) is 27.4 Å². The maximum absolute atomic E-state index is 12.6. The van der Waals surface area contributed by atoms with E-state index in [-0.39, 0.29) is 24.2 Å². The molecule has 3 aromatic rings. The number of carbonyl (C=O) groups excluding carboxylic acids is 2. The van der Waals surface area contributed by atoms with Crippen molar-refractivity contribution in [3.05, 3.63) is 69.2 Å². The van der Waals surface area contributed by atoms with Crippen LogP contribution in [0.1, 0.15) is 34.0 Å². The highest BCUT2D eigenvalue weighted by Gasteiger charge is 2.34. The van der Waals surface area contributed by atoms with E-state index in [2.05, 4.69) is 21.6 Å². The molecule has 1 aliphatic heterocycles. The number of carbonyl (C=O) groups is 2. The molecule has 154 valence electrons. The van der Waals surface area contributed by atoms with E-state index in [1.807, 2.05) is 43.0 Å². The standard InChI is InChI=1S/C22H21ClN4O2S/c1-13-7-14(2)9-18(8-13)27-12-16(11-20(27)29)21-25-26-22(30-21)24-19(28)10-15-3-5-17(23)6-4-15/h3-9,16H,10-12H2,1-2H3,(H,24,26,28)/t16-/m1/s1. The van der Waals surface area contributed by atoms with Gasteiger partial charge in [0.2, 0.25) is 16.9 Å². The summed E-state index contributed by atoms with van der Waals surface area (Å²) in [5, 5.41) is 13.0. The quantitative estimate of drug-likeness (QED) is 0.633. The lowest BCUT2D eigenvalue weighted by Gasteiger charge is -2.17. The summed E-state index contributed by atoms with van der Waals surface area (Å²) in [5.74, 6) is -0.120. The lowest BCUT2D eigenvalue weighted by Crippen LogP contribution is -2.24. The number of hydrogen-bond acceptors (Lipinski definition) is 5. The van der Waals surface area contributed by atoms with Crippen LogP contribution < -0.4 is 10.2 Å². The van der Waals surface area contributed by atoms with Crippen LogP contribution in [0.15, 0.2) is 42.5 Å². The summed E-state index contributed by atoms with van der Waals surface area (Å²) in [6, 6.07) is 13.3. The molecule has 0 bridgehead atoms. The Balaban J connectivity index is 1.40. The molecule has 30 heavy (non-hydrogen) atoms. The number of rotatable bonds is 5. The van der Waals surface area contributed by atoms with Gasteiger partial charge in [0.1, 0.15) is 5.01 Å². The van der Waals surface area contributed by atoms with Crippen molar-refractivity contribution < 1.29 is 9.59 Å². The van der Waals surface area contributed by atoms with Crippen LogP contribution in [0.4, 0.5) is 10.8 Å². The normalized spacial score (nSPS) is 16.2. The monoisotopic (exact) mass is 440 g/mol. The van der Waals surface area contributed by atoms with Crippen molar-refractivity contribution in [2.24, 2.45) is 0 Å². The zero-order chi connectivity index (χ0) is 21.3. The molecule has 1 saturated heterocycles. The summed E-state index contributed by atoms with van der Waals surface area (Å²) in [6.45, 7) is 4.62. The van der Waals surface area contributed by atoms with Gasteiger partial charge in [0.15, 0.2) is 0 Å². The van der Waals surface area contributed by atoms with E-state index in [0.29, 0.717) is 23.1 Å². The number of amides is 2. The number of aryl methyl sites for hydroxylation is 2. The second kappa shape index (κ2) is 8.53. The minimum atomic E-state index is -0.167. The molecule has 0 spiro atoms. The molecule has 1 atom stereocenters. The fraction of sp³-hybridized carbons (Fsp3) is 0.273. The van der Waals surface area contributed by atoms with Gasteiger partial charge in [0.05, 0.1) is 6.42 Å². The number of halogens is 1. The molecule has 6 nitrogen and oxygen atoms in total. The first-order chi connectivity index (χ1) is 14.4. The van der Waals surface area contributed by atoms with Crippen molar-refractivity contribution in [2.75, 3.05) is 16.8 Å². The smallest absolute Gasteiger partial charge is 0.230 e. The molecule has 1 aromatic heterocycles. The van der Waals surface area contributed by atoms with Crippen molar-refractivity contribution in [1.29, 1.82) is 0 Å². The predicted octanol–water partition coefficient (Wildman–Crippen LogP) is 4.51.